The van der Waals surface area contributed by atoms with Crippen LogP contribution in [0.15, 0.2) is 47.4 Å². The lowest BCUT2D eigenvalue weighted by Gasteiger charge is -2.38. The third-order valence-corrected chi connectivity index (χ3v) is 14.7. The van der Waals surface area contributed by atoms with Gasteiger partial charge in [0.05, 0.1) is 40.6 Å². The second kappa shape index (κ2) is 15.3. The van der Waals surface area contributed by atoms with E-state index in [0.717, 1.165) is 68.1 Å². The molecule has 2 amide bonds. The Morgan fingerprint density at radius 1 is 0.937 bits per heavy atom. The number of benzene rings is 2. The molecule has 3 saturated heterocycles. The molecule has 2 aliphatic carbocycles. The van der Waals surface area contributed by atoms with Crippen molar-refractivity contribution in [3.05, 3.63) is 63.7 Å². The van der Waals surface area contributed by atoms with Crippen molar-refractivity contribution < 1.29 is 23.1 Å². The van der Waals surface area contributed by atoms with E-state index in [-0.39, 0.29) is 29.2 Å². The van der Waals surface area contributed by atoms with Gasteiger partial charge in [-0.05, 0) is 92.2 Å². The van der Waals surface area contributed by atoms with Crippen LogP contribution in [0.3, 0.4) is 0 Å². The Balaban J connectivity index is 0.745. The SMILES string of the molecule is Cn1nc(C2CCC(=O)NC2=O)c2ccc(N3CCN(CC4CC5CC4CN(c4ncc(Cl)c(Nc6ccc7c(c6)c6c(c(=O)n7C)OCC(F)(F)[C@H](C7CC7)N6)n4)C5)CC3)cc21. The average Bonchev–Trinajstić information content (AvgIpc) is 4.02. The number of hydrogen-bond acceptors (Lipinski definition) is 12. The normalized spacial score (nSPS) is 26.0. The first-order valence-electron chi connectivity index (χ1n) is 22.1. The second-order valence-corrected chi connectivity index (χ2v) is 19.0. The van der Waals surface area contributed by atoms with Crippen molar-refractivity contribution in [1.29, 1.82) is 0 Å². The minimum Gasteiger partial charge on any atom is -0.480 e. The van der Waals surface area contributed by atoms with Gasteiger partial charge in [0.2, 0.25) is 23.5 Å². The van der Waals surface area contributed by atoms with Gasteiger partial charge in [-0.2, -0.15) is 10.1 Å². The van der Waals surface area contributed by atoms with E-state index in [9.17, 15) is 14.4 Å². The zero-order valence-corrected chi connectivity index (χ0v) is 36.0. The highest BCUT2D eigenvalue weighted by Crippen LogP contribution is 2.46. The summed E-state index contributed by atoms with van der Waals surface area (Å²) in [5, 5.41) is 15.5. The van der Waals surface area contributed by atoms with Crippen molar-refractivity contribution in [2.24, 2.45) is 37.8 Å². The van der Waals surface area contributed by atoms with E-state index in [2.05, 4.69) is 53.8 Å². The number of pyridine rings is 1. The number of imide groups is 1. The third kappa shape index (κ3) is 7.30. The summed E-state index contributed by atoms with van der Waals surface area (Å²) in [5.74, 6) is -1.64. The molecule has 63 heavy (non-hydrogen) atoms. The molecular weight excluding hydrogens is 832 g/mol. The van der Waals surface area contributed by atoms with E-state index in [1.807, 2.05) is 23.9 Å². The summed E-state index contributed by atoms with van der Waals surface area (Å²) in [6, 6.07) is 10.7. The van der Waals surface area contributed by atoms with Crippen LogP contribution in [0.2, 0.25) is 5.02 Å². The number of aryl methyl sites for hydroxylation is 2. The Kier molecular flexibility index (Phi) is 9.78. The maximum Gasteiger partial charge on any atom is 0.301 e. The average molecular weight is 882 g/mol. The first kappa shape index (κ1) is 40.2. The standard InChI is InChI=1S/C45H50ClF2N11O4/c1-55-34-9-5-28(17-32(34)38-39(43(55)62)63-23-45(47,48)40(52-38)25-3-4-25)50-41-33(46)19-49-44(53-41)59-20-24-15-26(27(16-24)22-59)21-57-11-13-58(14-12-57)29-6-7-30-35(18-29)56(2)54-37(30)31-8-10-36(60)51-42(31)61/h5-7,9,17-19,24-27,31,40,52H,3-4,8,10-16,20-23H2,1-2H3,(H,49,50,53)(H,51,60,61)/t24?,26?,27?,31?,40-/m0/s1. The Hall–Kier alpha value is -5.55. The highest BCUT2D eigenvalue weighted by atomic mass is 35.5. The molecule has 2 saturated carbocycles. The topological polar surface area (TPSA) is 155 Å². The number of rotatable bonds is 8. The van der Waals surface area contributed by atoms with Crippen LogP contribution in [0.25, 0.3) is 21.8 Å². The van der Waals surface area contributed by atoms with Gasteiger partial charge in [0.15, 0.2) is 12.4 Å². The van der Waals surface area contributed by atoms with E-state index in [1.54, 1.807) is 19.3 Å². The van der Waals surface area contributed by atoms with Crippen LogP contribution in [-0.2, 0) is 23.7 Å². The number of fused-ring (bicyclic) bond motifs is 6. The highest BCUT2D eigenvalue weighted by molar-refractivity contribution is 6.33. The Bertz CT molecular complexity index is 2730. The van der Waals surface area contributed by atoms with Crippen molar-refractivity contribution >= 4 is 74.0 Å². The van der Waals surface area contributed by atoms with E-state index in [4.69, 9.17) is 26.4 Å². The lowest BCUT2D eigenvalue weighted by atomic mass is 9.93. The van der Waals surface area contributed by atoms with E-state index >= 15 is 8.78 Å². The first-order valence-corrected chi connectivity index (χ1v) is 22.5. The summed E-state index contributed by atoms with van der Waals surface area (Å²) in [5.41, 5.74) is 3.88. The highest BCUT2D eigenvalue weighted by Gasteiger charge is 2.51. The molecule has 6 aliphatic rings. The van der Waals surface area contributed by atoms with E-state index in [0.29, 0.717) is 76.8 Å². The Morgan fingerprint density at radius 2 is 1.76 bits per heavy atom. The zero-order valence-electron chi connectivity index (χ0n) is 35.2. The van der Waals surface area contributed by atoms with E-state index < -0.39 is 30.0 Å². The number of piperidine rings is 2. The lowest BCUT2D eigenvalue weighted by Crippen LogP contribution is -2.48. The molecule has 7 heterocycles. The summed E-state index contributed by atoms with van der Waals surface area (Å²) in [4.78, 5) is 54.6. The number of carbonyl (C=O) groups is 2. The van der Waals surface area contributed by atoms with Crippen molar-refractivity contribution in [2.75, 3.05) is 72.9 Å². The van der Waals surface area contributed by atoms with Gasteiger partial charge in [-0.25, -0.2) is 13.8 Å². The van der Waals surface area contributed by atoms with Gasteiger partial charge in [0, 0.05) is 88.5 Å². The van der Waals surface area contributed by atoms with Crippen LogP contribution < -0.4 is 36.0 Å². The van der Waals surface area contributed by atoms with Crippen LogP contribution >= 0.6 is 11.6 Å². The monoisotopic (exact) mass is 881 g/mol. The maximum atomic E-state index is 15.2. The smallest absolute Gasteiger partial charge is 0.301 e. The van der Waals surface area contributed by atoms with Gasteiger partial charge < -0.3 is 29.7 Å². The van der Waals surface area contributed by atoms with Crippen LogP contribution in [0.5, 0.6) is 5.75 Å². The molecule has 3 aromatic heterocycles. The molecule has 4 unspecified atom stereocenters. The second-order valence-electron chi connectivity index (χ2n) is 18.6. The number of aromatic nitrogens is 5. The minimum atomic E-state index is -3.13. The number of amides is 2. The fourth-order valence-electron chi connectivity index (χ4n) is 11.0. The molecule has 15 nitrogen and oxygen atoms in total. The quantitative estimate of drug-likeness (QED) is 0.166. The molecular formula is C45H50ClF2N11O4. The lowest BCUT2D eigenvalue weighted by molar-refractivity contribution is -0.134. The number of ether oxygens (including phenoxy) is 1. The molecule has 4 aliphatic heterocycles. The number of carbonyl (C=O) groups excluding carboxylic acids is 2. The number of piperazine rings is 1. The van der Waals surface area contributed by atoms with Crippen LogP contribution in [-0.4, -0.2) is 105 Å². The van der Waals surface area contributed by atoms with Crippen LogP contribution in [0.1, 0.15) is 50.1 Å². The molecule has 5 atom stereocenters. The number of nitrogens with zero attached hydrogens (tertiary/aromatic N) is 8. The predicted octanol–water partition coefficient (Wildman–Crippen LogP) is 5.64. The van der Waals surface area contributed by atoms with Crippen LogP contribution in [0, 0.1) is 23.7 Å². The molecule has 2 aromatic carbocycles. The van der Waals surface area contributed by atoms with Gasteiger partial charge in [-0.15, -0.1) is 0 Å². The summed E-state index contributed by atoms with van der Waals surface area (Å²) in [6.07, 6.45) is 6.19. The van der Waals surface area contributed by atoms with Gasteiger partial charge in [0.25, 0.3) is 5.56 Å². The maximum absolute atomic E-state index is 15.2. The first-order chi connectivity index (χ1) is 30.4. The summed E-state index contributed by atoms with van der Waals surface area (Å²) in [7, 11) is 3.52. The third-order valence-electron chi connectivity index (χ3n) is 14.4. The van der Waals surface area contributed by atoms with Gasteiger partial charge in [0.1, 0.15) is 5.02 Å². The zero-order chi connectivity index (χ0) is 43.3. The molecule has 5 fully saturated rings. The number of alkyl halides is 2. The molecule has 2 bridgehead atoms. The van der Waals surface area contributed by atoms with Crippen LogP contribution in [0.4, 0.5) is 37.6 Å². The number of hydrogen-bond donors (Lipinski definition) is 3. The molecule has 11 rings (SSSR count). The fraction of sp³-hybridized carbons (Fsp3) is 0.511. The van der Waals surface area contributed by atoms with Crippen molar-refractivity contribution in [1.82, 2.24) is 34.5 Å². The largest absolute Gasteiger partial charge is 0.480 e. The predicted molar refractivity (Wildman–Crippen MR) is 236 cm³/mol. The molecule has 0 radical (unpaired) electrons. The van der Waals surface area contributed by atoms with Gasteiger partial charge in [-0.3, -0.25) is 29.3 Å². The Labute approximate surface area is 367 Å². The van der Waals surface area contributed by atoms with Crippen molar-refractivity contribution in [2.45, 2.75) is 56.4 Å². The van der Waals surface area contributed by atoms with E-state index in [1.165, 1.54) is 17.4 Å². The van der Waals surface area contributed by atoms with Crippen molar-refractivity contribution in [3.63, 3.8) is 0 Å². The van der Waals surface area contributed by atoms with Crippen molar-refractivity contribution in [3.8, 4) is 5.75 Å². The molecule has 5 aromatic rings. The van der Waals surface area contributed by atoms with Gasteiger partial charge in [-0.1, -0.05) is 11.6 Å². The number of nitrogens with one attached hydrogen (secondary N) is 3. The molecule has 330 valence electrons. The Morgan fingerprint density at radius 3 is 2.56 bits per heavy atom. The number of anilines is 5. The summed E-state index contributed by atoms with van der Waals surface area (Å²) >= 11 is 6.70. The van der Waals surface area contributed by atoms with Gasteiger partial charge >= 0.3 is 5.92 Å². The summed E-state index contributed by atoms with van der Waals surface area (Å²) in [6.45, 7) is 5.73. The molecule has 18 heteroatoms. The minimum absolute atomic E-state index is 0.101. The fourth-order valence-corrected chi connectivity index (χ4v) is 11.1. The number of halogens is 3. The molecule has 3 N–H and O–H groups in total. The molecule has 0 spiro atoms. The summed E-state index contributed by atoms with van der Waals surface area (Å²) < 4.78 is 39.2.